The summed E-state index contributed by atoms with van der Waals surface area (Å²) >= 11 is 0. The highest BCUT2D eigenvalue weighted by Crippen LogP contribution is 2.39. The second-order valence-electron chi connectivity index (χ2n) is 4.84. The van der Waals surface area contributed by atoms with E-state index in [2.05, 4.69) is 5.32 Å². The lowest BCUT2D eigenvalue weighted by molar-refractivity contribution is -0.137. The summed E-state index contributed by atoms with van der Waals surface area (Å²) in [4.78, 5) is 13.3. The van der Waals surface area contributed by atoms with Crippen LogP contribution in [-0.2, 0) is 11.0 Å². The number of hydrogen-bond acceptors (Lipinski definition) is 2. The van der Waals surface area contributed by atoms with Gasteiger partial charge in [-0.15, -0.1) is 0 Å². The number of amides is 1. The minimum Gasteiger partial charge on any atom is -0.370 e. The maximum atomic E-state index is 12.6. The van der Waals surface area contributed by atoms with Gasteiger partial charge in [0.25, 0.3) is 5.91 Å². The molecule has 1 heterocycles. The lowest BCUT2D eigenvalue weighted by Gasteiger charge is -2.38. The maximum Gasteiger partial charge on any atom is 0.416 e. The Hall–Kier alpha value is -1.72. The van der Waals surface area contributed by atoms with Crippen molar-refractivity contribution in [2.45, 2.75) is 25.6 Å². The van der Waals surface area contributed by atoms with Crippen LogP contribution in [0.3, 0.4) is 0 Å². The van der Waals surface area contributed by atoms with Crippen LogP contribution in [0.5, 0.6) is 0 Å². The zero-order chi connectivity index (χ0) is 13.7. The van der Waals surface area contributed by atoms with E-state index in [1.54, 1.807) is 20.9 Å². The van der Waals surface area contributed by atoms with Gasteiger partial charge in [0.15, 0.2) is 0 Å². The third kappa shape index (κ3) is 1.91. The number of halogens is 3. The summed E-state index contributed by atoms with van der Waals surface area (Å²) in [5.74, 6) is -0.185. The van der Waals surface area contributed by atoms with Gasteiger partial charge in [-0.05, 0) is 32.0 Å². The van der Waals surface area contributed by atoms with Crippen LogP contribution in [0, 0.1) is 0 Å². The quantitative estimate of drug-likeness (QED) is 0.776. The van der Waals surface area contributed by atoms with Crippen LogP contribution in [0.15, 0.2) is 18.2 Å². The number of benzene rings is 1. The maximum absolute atomic E-state index is 12.6. The first-order valence-corrected chi connectivity index (χ1v) is 5.40. The van der Waals surface area contributed by atoms with E-state index in [0.717, 1.165) is 12.1 Å². The smallest absolute Gasteiger partial charge is 0.370 e. The molecule has 1 aromatic carbocycles. The summed E-state index contributed by atoms with van der Waals surface area (Å²) in [7, 11) is 1.55. The van der Waals surface area contributed by atoms with Gasteiger partial charge in [0.05, 0.1) is 16.9 Å². The summed E-state index contributed by atoms with van der Waals surface area (Å²) in [6.45, 7) is 3.27. The minimum atomic E-state index is -4.39. The highest BCUT2D eigenvalue weighted by Gasteiger charge is 2.38. The summed E-state index contributed by atoms with van der Waals surface area (Å²) in [5, 5.41) is 2.84. The van der Waals surface area contributed by atoms with E-state index in [1.807, 2.05) is 0 Å². The topological polar surface area (TPSA) is 32.3 Å². The number of hydrogen-bond donors (Lipinski definition) is 1. The van der Waals surface area contributed by atoms with Crippen molar-refractivity contribution in [1.82, 2.24) is 0 Å². The van der Waals surface area contributed by atoms with Gasteiger partial charge in [0.2, 0.25) is 0 Å². The average molecular weight is 258 g/mol. The fraction of sp³-hybridized carbons (Fsp3) is 0.417. The van der Waals surface area contributed by atoms with Crippen LogP contribution < -0.4 is 10.2 Å². The predicted octanol–water partition coefficient (Wildman–Crippen LogP) is 2.87. The second-order valence-corrected chi connectivity index (χ2v) is 4.84. The van der Waals surface area contributed by atoms with E-state index >= 15 is 0 Å². The number of fused-ring (bicyclic) bond motifs is 1. The van der Waals surface area contributed by atoms with Crippen molar-refractivity contribution in [3.8, 4) is 0 Å². The van der Waals surface area contributed by atoms with E-state index < -0.39 is 17.3 Å². The minimum absolute atomic E-state index is 0.185. The summed E-state index contributed by atoms with van der Waals surface area (Å²) in [5.41, 5.74) is -0.872. The van der Waals surface area contributed by atoms with Crippen molar-refractivity contribution in [1.29, 1.82) is 0 Å². The summed E-state index contributed by atoms with van der Waals surface area (Å²) in [6, 6.07) is 3.31. The van der Waals surface area contributed by atoms with Gasteiger partial charge in [-0.2, -0.15) is 13.2 Å². The Bertz CT molecular complexity index is 509. The number of anilines is 2. The Kier molecular flexibility index (Phi) is 2.57. The van der Waals surface area contributed by atoms with Gasteiger partial charge >= 0.3 is 6.18 Å². The number of alkyl halides is 3. The van der Waals surface area contributed by atoms with E-state index in [4.69, 9.17) is 0 Å². The fourth-order valence-electron chi connectivity index (χ4n) is 2.02. The lowest BCUT2D eigenvalue weighted by Crippen LogP contribution is -2.52. The van der Waals surface area contributed by atoms with Gasteiger partial charge in [-0.25, -0.2) is 0 Å². The molecule has 1 aromatic rings. The SMILES string of the molecule is CN1C(=O)C(C)(C)Nc2cc(C(F)(F)F)ccc21. The van der Waals surface area contributed by atoms with Gasteiger partial charge < -0.3 is 10.2 Å². The third-order valence-electron chi connectivity index (χ3n) is 2.97. The molecule has 1 aliphatic heterocycles. The highest BCUT2D eigenvalue weighted by atomic mass is 19.4. The van der Waals surface area contributed by atoms with Gasteiger partial charge in [0.1, 0.15) is 5.54 Å². The molecule has 0 bridgehead atoms. The number of rotatable bonds is 0. The highest BCUT2D eigenvalue weighted by molar-refractivity contribution is 6.07. The first-order chi connectivity index (χ1) is 8.13. The van der Waals surface area contributed by atoms with Crippen molar-refractivity contribution in [2.24, 2.45) is 0 Å². The number of nitrogens with one attached hydrogen (secondary N) is 1. The first-order valence-electron chi connectivity index (χ1n) is 5.40. The van der Waals surface area contributed by atoms with Crippen LogP contribution in [0.4, 0.5) is 24.5 Å². The molecule has 1 amide bonds. The Balaban J connectivity index is 2.53. The summed E-state index contributed by atoms with van der Waals surface area (Å²) in [6.07, 6.45) is -4.39. The Morgan fingerprint density at radius 1 is 1.28 bits per heavy atom. The van der Waals surface area contributed by atoms with E-state index in [-0.39, 0.29) is 5.91 Å². The molecule has 1 N–H and O–H groups in total. The van der Waals surface area contributed by atoms with Gasteiger partial charge in [0, 0.05) is 7.05 Å². The first kappa shape index (κ1) is 12.7. The molecule has 3 nitrogen and oxygen atoms in total. The molecule has 0 spiro atoms. The molecule has 6 heteroatoms. The summed E-state index contributed by atoms with van der Waals surface area (Å²) < 4.78 is 37.8. The third-order valence-corrected chi connectivity index (χ3v) is 2.97. The number of carbonyl (C=O) groups excluding carboxylic acids is 1. The molecule has 0 radical (unpaired) electrons. The van der Waals surface area contributed by atoms with Crippen molar-refractivity contribution < 1.29 is 18.0 Å². The molecular weight excluding hydrogens is 245 g/mol. The number of nitrogens with zero attached hydrogens (tertiary/aromatic N) is 1. The van der Waals surface area contributed by atoms with Crippen LogP contribution >= 0.6 is 0 Å². The van der Waals surface area contributed by atoms with Crippen LogP contribution in [0.2, 0.25) is 0 Å². The average Bonchev–Trinajstić information content (AvgIpc) is 2.23. The molecular formula is C12H13F3N2O. The van der Waals surface area contributed by atoms with Crippen LogP contribution in [0.25, 0.3) is 0 Å². The molecule has 2 rings (SSSR count). The zero-order valence-corrected chi connectivity index (χ0v) is 10.2. The van der Waals surface area contributed by atoms with Crippen molar-refractivity contribution in [2.75, 3.05) is 17.3 Å². The van der Waals surface area contributed by atoms with Crippen LogP contribution in [-0.4, -0.2) is 18.5 Å². The Morgan fingerprint density at radius 2 is 1.89 bits per heavy atom. The second kappa shape index (κ2) is 3.63. The standard InChI is InChI=1S/C12H13F3N2O/c1-11(2)10(18)17(3)9-5-4-7(12(13,14)15)6-8(9)16-11/h4-6,16H,1-3H3. The molecule has 0 atom stereocenters. The van der Waals surface area contributed by atoms with Crippen LogP contribution in [0.1, 0.15) is 19.4 Å². The lowest BCUT2D eigenvalue weighted by atomic mass is 9.97. The molecule has 0 fully saturated rings. The predicted molar refractivity (Wildman–Crippen MR) is 62.6 cm³/mol. The largest absolute Gasteiger partial charge is 0.416 e. The van der Waals surface area contributed by atoms with Crippen molar-refractivity contribution in [3.63, 3.8) is 0 Å². The number of likely N-dealkylation sites (N-methyl/N-ethyl adjacent to an activating group) is 1. The molecule has 98 valence electrons. The fourth-order valence-corrected chi connectivity index (χ4v) is 2.02. The number of carbonyl (C=O) groups is 1. The van der Waals surface area contributed by atoms with Crippen molar-refractivity contribution >= 4 is 17.3 Å². The molecule has 0 unspecified atom stereocenters. The monoisotopic (exact) mass is 258 g/mol. The molecule has 0 aromatic heterocycles. The van der Waals surface area contributed by atoms with Gasteiger partial charge in [-0.3, -0.25) is 4.79 Å². The van der Waals surface area contributed by atoms with E-state index in [1.165, 1.54) is 11.0 Å². The Labute approximate surface area is 103 Å². The van der Waals surface area contributed by atoms with Crippen molar-refractivity contribution in [3.05, 3.63) is 23.8 Å². The molecule has 1 aliphatic rings. The van der Waals surface area contributed by atoms with Gasteiger partial charge in [-0.1, -0.05) is 0 Å². The Morgan fingerprint density at radius 3 is 2.44 bits per heavy atom. The molecule has 18 heavy (non-hydrogen) atoms. The normalized spacial score (nSPS) is 18.3. The zero-order valence-electron chi connectivity index (χ0n) is 10.2. The van der Waals surface area contributed by atoms with E-state index in [0.29, 0.717) is 11.4 Å². The molecule has 0 aliphatic carbocycles. The molecule has 0 saturated carbocycles. The van der Waals surface area contributed by atoms with E-state index in [9.17, 15) is 18.0 Å². The molecule has 0 saturated heterocycles.